The van der Waals surface area contributed by atoms with E-state index in [1.165, 1.54) is 4.57 Å². The molecule has 0 atom stereocenters. The molecule has 8 nitrogen and oxygen atoms in total. The van der Waals surface area contributed by atoms with Crippen molar-refractivity contribution in [3.63, 3.8) is 0 Å². The van der Waals surface area contributed by atoms with Crippen molar-refractivity contribution in [1.29, 1.82) is 0 Å². The highest BCUT2D eigenvalue weighted by Gasteiger charge is 2.22. The topological polar surface area (TPSA) is 80.0 Å². The van der Waals surface area contributed by atoms with Gasteiger partial charge in [-0.05, 0) is 24.3 Å². The van der Waals surface area contributed by atoms with Crippen LogP contribution in [0.25, 0.3) is 22.2 Å². The van der Waals surface area contributed by atoms with E-state index in [4.69, 9.17) is 28.2 Å². The fraction of sp³-hybridized carbons (Fsp3) is 0.227. The third-order valence-electron chi connectivity index (χ3n) is 5.57. The van der Waals surface area contributed by atoms with Crippen molar-refractivity contribution in [3.8, 4) is 11.1 Å². The quantitative estimate of drug-likeness (QED) is 0.456. The molecule has 1 aliphatic rings. The van der Waals surface area contributed by atoms with Gasteiger partial charge in [0, 0.05) is 62.8 Å². The minimum Gasteiger partial charge on any atom is -0.337 e. The molecule has 0 unspecified atom stereocenters. The van der Waals surface area contributed by atoms with E-state index in [2.05, 4.69) is 24.8 Å². The average molecular weight is 468 g/mol. The van der Waals surface area contributed by atoms with Crippen LogP contribution in [0, 0.1) is 0 Å². The first-order valence-corrected chi connectivity index (χ1v) is 10.9. The van der Waals surface area contributed by atoms with Crippen molar-refractivity contribution < 1.29 is 0 Å². The number of fused-ring (bicyclic) bond motifs is 1. The van der Waals surface area contributed by atoms with Crippen LogP contribution in [0.3, 0.4) is 0 Å². The standard InChI is InChI=1S/C22H19Cl2N7O/c1-29-19-14(12-15(20(29)32)18-16(23)4-2-5-17(18)24)13-27-22(28-19)31-10-8-30(9-11-31)21-25-6-3-7-26-21/h2-7,12-13H,8-11H2,1H3. The molecule has 0 aliphatic carbocycles. The lowest BCUT2D eigenvalue weighted by Crippen LogP contribution is -2.47. The van der Waals surface area contributed by atoms with Gasteiger partial charge in [0.15, 0.2) is 0 Å². The van der Waals surface area contributed by atoms with Crippen molar-refractivity contribution in [3.05, 3.63) is 69.3 Å². The molecule has 0 N–H and O–H groups in total. The Morgan fingerprint density at radius 3 is 2.16 bits per heavy atom. The number of anilines is 2. The smallest absolute Gasteiger partial charge is 0.259 e. The minimum atomic E-state index is -0.219. The molecule has 10 heteroatoms. The molecule has 0 radical (unpaired) electrons. The van der Waals surface area contributed by atoms with Crippen molar-refractivity contribution in [2.45, 2.75) is 0 Å². The number of nitrogens with zero attached hydrogens (tertiary/aromatic N) is 7. The van der Waals surface area contributed by atoms with Gasteiger partial charge in [-0.2, -0.15) is 4.98 Å². The molecular formula is C22H19Cl2N7O. The van der Waals surface area contributed by atoms with Crippen molar-refractivity contribution in [2.75, 3.05) is 36.0 Å². The first kappa shape index (κ1) is 20.7. The molecule has 1 aromatic carbocycles. The van der Waals surface area contributed by atoms with Crippen LogP contribution >= 0.6 is 23.2 Å². The SMILES string of the molecule is Cn1c(=O)c(-c2c(Cl)cccc2Cl)cc2cnc(N3CCN(c4ncccn4)CC3)nc21. The highest BCUT2D eigenvalue weighted by Crippen LogP contribution is 2.33. The van der Waals surface area contributed by atoms with Crippen LogP contribution in [0.4, 0.5) is 11.9 Å². The van der Waals surface area contributed by atoms with Gasteiger partial charge in [-0.1, -0.05) is 29.3 Å². The Labute approximate surface area is 194 Å². The van der Waals surface area contributed by atoms with E-state index < -0.39 is 0 Å². The van der Waals surface area contributed by atoms with E-state index in [1.54, 1.807) is 56.0 Å². The number of aryl methyl sites for hydroxylation is 1. The zero-order chi connectivity index (χ0) is 22.2. The van der Waals surface area contributed by atoms with E-state index in [-0.39, 0.29) is 5.56 Å². The summed E-state index contributed by atoms with van der Waals surface area (Å²) in [6, 6.07) is 8.73. The molecule has 32 heavy (non-hydrogen) atoms. The van der Waals surface area contributed by atoms with Crippen LogP contribution in [-0.2, 0) is 7.05 Å². The molecule has 1 aliphatic heterocycles. The van der Waals surface area contributed by atoms with Gasteiger partial charge in [0.1, 0.15) is 5.65 Å². The number of benzene rings is 1. The zero-order valence-electron chi connectivity index (χ0n) is 17.2. The van der Waals surface area contributed by atoms with Crippen LogP contribution in [0.1, 0.15) is 0 Å². The Hall–Kier alpha value is -3.23. The second-order valence-electron chi connectivity index (χ2n) is 7.49. The summed E-state index contributed by atoms with van der Waals surface area (Å²) in [5.74, 6) is 1.31. The highest BCUT2D eigenvalue weighted by molar-refractivity contribution is 6.39. The molecule has 0 amide bonds. The summed E-state index contributed by atoms with van der Waals surface area (Å²) in [6.45, 7) is 2.97. The van der Waals surface area contributed by atoms with Crippen LogP contribution < -0.4 is 15.4 Å². The lowest BCUT2D eigenvalue weighted by Gasteiger charge is -2.34. The molecule has 0 saturated carbocycles. The van der Waals surface area contributed by atoms with E-state index in [0.29, 0.717) is 32.8 Å². The number of rotatable bonds is 3. The fourth-order valence-electron chi connectivity index (χ4n) is 3.89. The molecule has 1 fully saturated rings. The monoisotopic (exact) mass is 467 g/mol. The lowest BCUT2D eigenvalue weighted by atomic mass is 10.1. The van der Waals surface area contributed by atoms with Crippen molar-refractivity contribution >= 4 is 46.1 Å². The molecule has 3 aromatic heterocycles. The van der Waals surface area contributed by atoms with E-state index in [0.717, 1.165) is 37.5 Å². The summed E-state index contributed by atoms with van der Waals surface area (Å²) < 4.78 is 1.52. The van der Waals surface area contributed by atoms with Gasteiger partial charge in [0.05, 0.1) is 15.6 Å². The predicted molar refractivity (Wildman–Crippen MR) is 127 cm³/mol. The second-order valence-corrected chi connectivity index (χ2v) is 8.31. The molecule has 0 spiro atoms. The van der Waals surface area contributed by atoms with Crippen molar-refractivity contribution in [2.24, 2.45) is 7.05 Å². The van der Waals surface area contributed by atoms with E-state index in [1.807, 2.05) is 0 Å². The Balaban J connectivity index is 1.47. The third-order valence-corrected chi connectivity index (χ3v) is 6.20. The van der Waals surface area contributed by atoms with Gasteiger partial charge in [-0.25, -0.2) is 15.0 Å². The summed E-state index contributed by atoms with van der Waals surface area (Å²) in [5.41, 5.74) is 1.27. The molecule has 0 bridgehead atoms. The molecule has 162 valence electrons. The maximum atomic E-state index is 13.1. The van der Waals surface area contributed by atoms with Gasteiger partial charge in [0.25, 0.3) is 5.56 Å². The number of piperazine rings is 1. The highest BCUT2D eigenvalue weighted by atomic mass is 35.5. The predicted octanol–water partition coefficient (Wildman–Crippen LogP) is 3.42. The Morgan fingerprint density at radius 1 is 0.875 bits per heavy atom. The Bertz CT molecular complexity index is 1330. The maximum Gasteiger partial charge on any atom is 0.259 e. The van der Waals surface area contributed by atoms with Crippen LogP contribution in [-0.4, -0.2) is 50.7 Å². The number of halogens is 2. The summed E-state index contributed by atoms with van der Waals surface area (Å²) in [4.78, 5) is 35.3. The van der Waals surface area contributed by atoms with Gasteiger partial charge in [-0.15, -0.1) is 0 Å². The number of aromatic nitrogens is 5. The second kappa shape index (κ2) is 8.37. The van der Waals surface area contributed by atoms with Crippen molar-refractivity contribution in [1.82, 2.24) is 24.5 Å². The molecule has 4 heterocycles. The lowest BCUT2D eigenvalue weighted by molar-refractivity contribution is 0.628. The summed E-state index contributed by atoms with van der Waals surface area (Å²) in [6.07, 6.45) is 5.22. The molecule has 4 aromatic rings. The number of pyridine rings is 1. The summed E-state index contributed by atoms with van der Waals surface area (Å²) in [7, 11) is 1.69. The summed E-state index contributed by atoms with van der Waals surface area (Å²) in [5, 5.41) is 1.58. The Morgan fingerprint density at radius 2 is 1.50 bits per heavy atom. The van der Waals surface area contributed by atoms with E-state index >= 15 is 0 Å². The molecule has 1 saturated heterocycles. The maximum absolute atomic E-state index is 13.1. The Kier molecular flexibility index (Phi) is 5.40. The normalized spacial score (nSPS) is 14.2. The van der Waals surface area contributed by atoms with Gasteiger partial charge >= 0.3 is 0 Å². The first-order valence-electron chi connectivity index (χ1n) is 10.1. The van der Waals surface area contributed by atoms with Gasteiger partial charge in [0.2, 0.25) is 11.9 Å². The average Bonchev–Trinajstić information content (AvgIpc) is 2.82. The first-order chi connectivity index (χ1) is 15.5. The largest absolute Gasteiger partial charge is 0.337 e. The molecular weight excluding hydrogens is 449 g/mol. The van der Waals surface area contributed by atoms with Crippen LogP contribution in [0.5, 0.6) is 0 Å². The van der Waals surface area contributed by atoms with Gasteiger partial charge in [-0.3, -0.25) is 9.36 Å². The number of hydrogen-bond donors (Lipinski definition) is 0. The number of hydrogen-bond acceptors (Lipinski definition) is 7. The summed E-state index contributed by atoms with van der Waals surface area (Å²) >= 11 is 12.7. The third kappa shape index (κ3) is 3.65. The zero-order valence-corrected chi connectivity index (χ0v) is 18.8. The molecule has 5 rings (SSSR count). The van der Waals surface area contributed by atoms with Crippen LogP contribution in [0.2, 0.25) is 10.0 Å². The van der Waals surface area contributed by atoms with Gasteiger partial charge < -0.3 is 9.80 Å². The van der Waals surface area contributed by atoms with Crippen LogP contribution in [0.15, 0.2) is 53.7 Å². The minimum absolute atomic E-state index is 0.219. The fourth-order valence-corrected chi connectivity index (χ4v) is 4.49. The van der Waals surface area contributed by atoms with E-state index in [9.17, 15) is 4.79 Å².